The summed E-state index contributed by atoms with van der Waals surface area (Å²) in [6.45, 7) is 4.97. The van der Waals surface area contributed by atoms with Gasteiger partial charge in [-0.2, -0.15) is 0 Å². The number of nitrogens with one attached hydrogen (secondary N) is 1. The van der Waals surface area contributed by atoms with Gasteiger partial charge in [0.05, 0.1) is 11.5 Å². The molecule has 1 unspecified atom stereocenters. The van der Waals surface area contributed by atoms with E-state index in [0.29, 0.717) is 19.6 Å². The maximum atomic E-state index is 11.2. The highest BCUT2D eigenvalue weighted by Gasteiger charge is 2.26. The fraction of sp³-hybridized carbons (Fsp3) is 0.900. The average Bonchev–Trinajstić information content (AvgIpc) is 2.19. The topological polar surface area (TPSA) is 86.7 Å². The largest absolute Gasteiger partial charge is 0.480 e. The van der Waals surface area contributed by atoms with E-state index in [0.717, 1.165) is 0 Å². The first-order chi connectivity index (χ1) is 7.80. The molecular weight excluding hydrogens is 244 g/mol. The third kappa shape index (κ3) is 5.01. The zero-order valence-corrected chi connectivity index (χ0v) is 11.0. The maximum Gasteiger partial charge on any atom is 0.322 e. The van der Waals surface area contributed by atoms with E-state index in [9.17, 15) is 13.2 Å². The maximum absolute atomic E-state index is 11.2. The van der Waals surface area contributed by atoms with Crippen LogP contribution in [0.2, 0.25) is 0 Å². The van der Waals surface area contributed by atoms with Crippen LogP contribution in [0, 0.1) is 0 Å². The van der Waals surface area contributed by atoms with Crippen LogP contribution in [0.15, 0.2) is 0 Å². The van der Waals surface area contributed by atoms with Gasteiger partial charge in [-0.1, -0.05) is 13.8 Å². The standard InChI is InChI=1S/C10H20N2O4S/c1-8(2)11-9(10(13)14)7-12-3-5-17(15,16)6-4-12/h8-9,11H,3-7H2,1-2H3,(H,13,14). The molecule has 1 aliphatic heterocycles. The highest BCUT2D eigenvalue weighted by atomic mass is 32.2. The molecule has 1 fully saturated rings. The molecular formula is C10H20N2O4S. The Labute approximate surface area is 102 Å². The van der Waals surface area contributed by atoms with Crippen molar-refractivity contribution in [3.63, 3.8) is 0 Å². The second-order valence-electron chi connectivity index (χ2n) is 4.66. The molecule has 1 saturated heterocycles. The fourth-order valence-corrected chi connectivity index (χ4v) is 3.07. The molecule has 7 heteroatoms. The van der Waals surface area contributed by atoms with E-state index in [2.05, 4.69) is 5.32 Å². The lowest BCUT2D eigenvalue weighted by atomic mass is 10.2. The summed E-state index contributed by atoms with van der Waals surface area (Å²) in [5.74, 6) is -0.644. The van der Waals surface area contributed by atoms with Crippen LogP contribution in [0.4, 0.5) is 0 Å². The highest BCUT2D eigenvalue weighted by Crippen LogP contribution is 2.05. The van der Waals surface area contributed by atoms with Gasteiger partial charge in [0.2, 0.25) is 0 Å². The molecule has 0 aromatic carbocycles. The van der Waals surface area contributed by atoms with Gasteiger partial charge in [-0.25, -0.2) is 8.42 Å². The van der Waals surface area contributed by atoms with E-state index in [1.807, 2.05) is 18.7 Å². The van der Waals surface area contributed by atoms with Gasteiger partial charge in [0.1, 0.15) is 6.04 Å². The molecule has 6 nitrogen and oxygen atoms in total. The summed E-state index contributed by atoms with van der Waals surface area (Å²) >= 11 is 0. The number of hydrogen-bond acceptors (Lipinski definition) is 5. The summed E-state index contributed by atoms with van der Waals surface area (Å²) in [5, 5.41) is 12.0. The monoisotopic (exact) mass is 264 g/mol. The highest BCUT2D eigenvalue weighted by molar-refractivity contribution is 7.91. The van der Waals surface area contributed by atoms with Gasteiger partial charge in [-0.15, -0.1) is 0 Å². The lowest BCUT2D eigenvalue weighted by Gasteiger charge is -2.29. The van der Waals surface area contributed by atoms with Crippen molar-refractivity contribution in [1.29, 1.82) is 0 Å². The van der Waals surface area contributed by atoms with Gasteiger partial charge in [-0.3, -0.25) is 9.69 Å². The first-order valence-corrected chi connectivity index (χ1v) is 7.54. The SMILES string of the molecule is CC(C)NC(CN1CCS(=O)(=O)CC1)C(=O)O. The van der Waals surface area contributed by atoms with Crippen molar-refractivity contribution in [2.24, 2.45) is 0 Å². The Hall–Kier alpha value is -0.660. The Balaban J connectivity index is 2.49. The number of hydrogen-bond donors (Lipinski definition) is 2. The molecule has 0 saturated carbocycles. The first kappa shape index (κ1) is 14.4. The van der Waals surface area contributed by atoms with Gasteiger partial charge in [0, 0.05) is 25.7 Å². The number of rotatable bonds is 5. The van der Waals surface area contributed by atoms with Crippen molar-refractivity contribution in [1.82, 2.24) is 10.2 Å². The predicted molar refractivity (Wildman–Crippen MR) is 64.8 cm³/mol. The van der Waals surface area contributed by atoms with E-state index in [-0.39, 0.29) is 17.5 Å². The smallest absolute Gasteiger partial charge is 0.322 e. The van der Waals surface area contributed by atoms with Crippen LogP contribution in [0.25, 0.3) is 0 Å². The second kappa shape index (κ2) is 5.79. The number of sulfone groups is 1. The molecule has 0 bridgehead atoms. The van der Waals surface area contributed by atoms with Crippen molar-refractivity contribution in [3.8, 4) is 0 Å². The van der Waals surface area contributed by atoms with Crippen LogP contribution >= 0.6 is 0 Å². The van der Waals surface area contributed by atoms with Gasteiger partial charge in [-0.05, 0) is 0 Å². The van der Waals surface area contributed by atoms with Gasteiger partial charge in [0.25, 0.3) is 0 Å². The molecule has 0 spiro atoms. The number of carbonyl (C=O) groups is 1. The van der Waals surface area contributed by atoms with Gasteiger partial charge in [0.15, 0.2) is 9.84 Å². The van der Waals surface area contributed by atoms with Crippen molar-refractivity contribution < 1.29 is 18.3 Å². The van der Waals surface area contributed by atoms with Crippen LogP contribution in [0.5, 0.6) is 0 Å². The Morgan fingerprint density at radius 3 is 2.29 bits per heavy atom. The number of nitrogens with zero attached hydrogens (tertiary/aromatic N) is 1. The summed E-state index contributed by atoms with van der Waals surface area (Å²) in [7, 11) is -2.90. The molecule has 17 heavy (non-hydrogen) atoms. The minimum Gasteiger partial charge on any atom is -0.480 e. The average molecular weight is 264 g/mol. The van der Waals surface area contributed by atoms with Crippen LogP contribution in [0.1, 0.15) is 13.8 Å². The van der Waals surface area contributed by atoms with Crippen molar-refractivity contribution in [2.45, 2.75) is 25.9 Å². The molecule has 2 N–H and O–H groups in total. The minimum absolute atomic E-state index is 0.0876. The summed E-state index contributed by atoms with van der Waals surface area (Å²) < 4.78 is 22.5. The number of aliphatic carboxylic acids is 1. The molecule has 1 atom stereocenters. The molecule has 0 aromatic rings. The van der Waals surface area contributed by atoms with Crippen molar-refractivity contribution in [3.05, 3.63) is 0 Å². The van der Waals surface area contributed by atoms with E-state index in [1.165, 1.54) is 0 Å². The summed E-state index contributed by atoms with van der Waals surface area (Å²) in [4.78, 5) is 12.9. The Bertz CT molecular complexity index is 353. The second-order valence-corrected chi connectivity index (χ2v) is 6.97. The lowest BCUT2D eigenvalue weighted by molar-refractivity contribution is -0.140. The number of carboxylic acid groups (broad SMARTS) is 1. The Kier molecular flexibility index (Phi) is 4.91. The summed E-state index contributed by atoms with van der Waals surface area (Å²) in [6, 6.07) is -0.555. The summed E-state index contributed by atoms with van der Waals surface area (Å²) in [5.41, 5.74) is 0. The van der Waals surface area contributed by atoms with E-state index in [1.54, 1.807) is 0 Å². The van der Waals surface area contributed by atoms with Crippen LogP contribution < -0.4 is 5.32 Å². The molecule has 0 amide bonds. The molecule has 1 aliphatic rings. The normalized spacial score (nSPS) is 22.5. The van der Waals surface area contributed by atoms with E-state index in [4.69, 9.17) is 5.11 Å². The predicted octanol–water partition coefficient (Wildman–Crippen LogP) is -0.832. The van der Waals surface area contributed by atoms with Crippen molar-refractivity contribution in [2.75, 3.05) is 31.1 Å². The van der Waals surface area contributed by atoms with Gasteiger partial charge < -0.3 is 10.4 Å². The van der Waals surface area contributed by atoms with E-state index >= 15 is 0 Å². The molecule has 1 rings (SSSR count). The summed E-state index contributed by atoms with van der Waals surface area (Å²) in [6.07, 6.45) is 0. The van der Waals surface area contributed by atoms with E-state index < -0.39 is 21.8 Å². The first-order valence-electron chi connectivity index (χ1n) is 5.72. The Morgan fingerprint density at radius 1 is 1.35 bits per heavy atom. The zero-order valence-electron chi connectivity index (χ0n) is 10.2. The molecule has 1 heterocycles. The van der Waals surface area contributed by atoms with Crippen molar-refractivity contribution >= 4 is 15.8 Å². The molecule has 100 valence electrons. The number of carboxylic acids is 1. The third-order valence-electron chi connectivity index (χ3n) is 2.71. The fourth-order valence-electron chi connectivity index (χ4n) is 1.80. The molecule has 0 radical (unpaired) electrons. The van der Waals surface area contributed by atoms with Crippen LogP contribution in [-0.4, -0.2) is 67.6 Å². The quantitative estimate of drug-likeness (QED) is 0.674. The Morgan fingerprint density at radius 2 is 1.88 bits per heavy atom. The lowest BCUT2D eigenvalue weighted by Crippen LogP contribution is -2.51. The molecule has 0 aromatic heterocycles. The van der Waals surface area contributed by atoms with Crippen LogP contribution in [0.3, 0.4) is 0 Å². The zero-order chi connectivity index (χ0) is 13.1. The third-order valence-corrected chi connectivity index (χ3v) is 4.32. The molecule has 0 aliphatic carbocycles. The minimum atomic E-state index is -2.90. The van der Waals surface area contributed by atoms with Crippen LogP contribution in [-0.2, 0) is 14.6 Å². The van der Waals surface area contributed by atoms with Gasteiger partial charge >= 0.3 is 5.97 Å².